The molecule has 20 heavy (non-hydrogen) atoms. The molecule has 4 heteroatoms. The maximum atomic E-state index is 4.38. The Labute approximate surface area is 125 Å². The summed E-state index contributed by atoms with van der Waals surface area (Å²) in [6.45, 7) is 9.53. The van der Waals surface area contributed by atoms with Crippen molar-refractivity contribution in [2.24, 2.45) is 0 Å². The number of rotatable bonds is 6. The van der Waals surface area contributed by atoms with E-state index < -0.39 is 0 Å². The molecular weight excluding hydrogens is 266 g/mol. The Morgan fingerprint density at radius 2 is 2.05 bits per heavy atom. The van der Waals surface area contributed by atoms with Gasteiger partial charge in [-0.25, -0.2) is 0 Å². The molecular formula is C16H23N3S. The topological polar surface area (TPSA) is 37.8 Å². The third-order valence-electron chi connectivity index (χ3n) is 3.43. The second kappa shape index (κ2) is 6.95. The normalized spacial score (nSPS) is 12.6. The van der Waals surface area contributed by atoms with Gasteiger partial charge in [0.15, 0.2) is 0 Å². The molecule has 0 spiro atoms. The molecule has 0 amide bonds. The van der Waals surface area contributed by atoms with Crippen LogP contribution in [0.1, 0.15) is 53.7 Å². The lowest BCUT2D eigenvalue weighted by Gasteiger charge is -2.21. The molecule has 1 atom stereocenters. The van der Waals surface area contributed by atoms with E-state index in [9.17, 15) is 0 Å². The van der Waals surface area contributed by atoms with E-state index in [4.69, 9.17) is 0 Å². The maximum Gasteiger partial charge on any atom is 0.0692 e. The van der Waals surface area contributed by atoms with Gasteiger partial charge in [0.1, 0.15) is 0 Å². The fourth-order valence-corrected chi connectivity index (χ4v) is 3.39. The molecule has 0 aromatic carbocycles. The van der Waals surface area contributed by atoms with E-state index in [1.165, 1.54) is 16.0 Å². The van der Waals surface area contributed by atoms with Crippen LogP contribution in [0.4, 0.5) is 0 Å². The number of nitrogens with one attached hydrogen (secondary N) is 1. The Morgan fingerprint density at radius 1 is 1.25 bits per heavy atom. The fourth-order valence-electron chi connectivity index (χ4n) is 2.37. The Morgan fingerprint density at radius 3 is 2.65 bits per heavy atom. The summed E-state index contributed by atoms with van der Waals surface area (Å²) in [6.07, 6.45) is 2.04. The van der Waals surface area contributed by atoms with Gasteiger partial charge < -0.3 is 5.32 Å². The molecule has 108 valence electrons. The van der Waals surface area contributed by atoms with E-state index in [0.717, 1.165) is 30.8 Å². The average molecular weight is 289 g/mol. The van der Waals surface area contributed by atoms with Gasteiger partial charge in [0.2, 0.25) is 0 Å². The van der Waals surface area contributed by atoms with Gasteiger partial charge in [-0.3, -0.25) is 0 Å². The first-order valence-corrected chi connectivity index (χ1v) is 8.15. The molecule has 1 N–H and O–H groups in total. The van der Waals surface area contributed by atoms with Crippen molar-refractivity contribution in [2.75, 3.05) is 6.54 Å². The van der Waals surface area contributed by atoms with E-state index in [1.807, 2.05) is 18.3 Å². The molecule has 0 fully saturated rings. The van der Waals surface area contributed by atoms with Gasteiger partial charge in [0.05, 0.1) is 17.4 Å². The quantitative estimate of drug-likeness (QED) is 0.879. The molecule has 0 saturated carbocycles. The summed E-state index contributed by atoms with van der Waals surface area (Å²) in [5.74, 6) is 0. The van der Waals surface area contributed by atoms with Crippen LogP contribution >= 0.6 is 11.3 Å². The van der Waals surface area contributed by atoms with Crippen LogP contribution in [-0.2, 0) is 6.42 Å². The van der Waals surface area contributed by atoms with Gasteiger partial charge in [-0.15, -0.1) is 11.3 Å². The molecule has 2 rings (SSSR count). The third kappa shape index (κ3) is 3.25. The highest BCUT2D eigenvalue weighted by Crippen LogP contribution is 2.31. The van der Waals surface area contributed by atoms with E-state index in [1.54, 1.807) is 0 Å². The molecule has 0 saturated heterocycles. The Hall–Kier alpha value is -1.26. The predicted octanol–water partition coefficient (Wildman–Crippen LogP) is 3.81. The van der Waals surface area contributed by atoms with E-state index in [2.05, 4.69) is 53.8 Å². The van der Waals surface area contributed by atoms with Crippen molar-refractivity contribution >= 4 is 11.3 Å². The van der Waals surface area contributed by atoms with Crippen LogP contribution in [-0.4, -0.2) is 16.7 Å². The SMILES string of the molecule is CCCNC(c1cc(C)nnc1CC)c1sccc1C. The van der Waals surface area contributed by atoms with Crippen LogP contribution in [0, 0.1) is 13.8 Å². The van der Waals surface area contributed by atoms with E-state index in [-0.39, 0.29) is 6.04 Å². The summed E-state index contributed by atoms with van der Waals surface area (Å²) in [4.78, 5) is 1.39. The minimum Gasteiger partial charge on any atom is -0.306 e. The van der Waals surface area contributed by atoms with Gasteiger partial charge in [0, 0.05) is 4.88 Å². The smallest absolute Gasteiger partial charge is 0.0692 e. The molecule has 2 aromatic heterocycles. The largest absolute Gasteiger partial charge is 0.306 e. The highest BCUT2D eigenvalue weighted by Gasteiger charge is 2.20. The van der Waals surface area contributed by atoms with Crippen molar-refractivity contribution in [3.8, 4) is 0 Å². The zero-order valence-electron chi connectivity index (χ0n) is 12.7. The third-order valence-corrected chi connectivity index (χ3v) is 4.52. The van der Waals surface area contributed by atoms with Gasteiger partial charge in [-0.05, 0) is 61.9 Å². The first-order chi connectivity index (χ1) is 9.67. The van der Waals surface area contributed by atoms with Crippen molar-refractivity contribution in [3.63, 3.8) is 0 Å². The summed E-state index contributed by atoms with van der Waals surface area (Å²) < 4.78 is 0. The Kier molecular flexibility index (Phi) is 5.26. The van der Waals surface area contributed by atoms with Gasteiger partial charge in [0.25, 0.3) is 0 Å². The molecule has 1 unspecified atom stereocenters. The van der Waals surface area contributed by atoms with Crippen molar-refractivity contribution in [2.45, 2.75) is 46.6 Å². The lowest BCUT2D eigenvalue weighted by Crippen LogP contribution is -2.24. The second-order valence-corrected chi connectivity index (χ2v) is 6.04. The molecule has 2 aromatic rings. The van der Waals surface area contributed by atoms with Gasteiger partial charge in [-0.1, -0.05) is 13.8 Å². The molecule has 3 nitrogen and oxygen atoms in total. The van der Waals surface area contributed by atoms with Gasteiger partial charge in [-0.2, -0.15) is 10.2 Å². The van der Waals surface area contributed by atoms with E-state index >= 15 is 0 Å². The van der Waals surface area contributed by atoms with Crippen LogP contribution in [0.25, 0.3) is 0 Å². The number of hydrogen-bond acceptors (Lipinski definition) is 4. The van der Waals surface area contributed by atoms with Crippen LogP contribution < -0.4 is 5.32 Å². The second-order valence-electron chi connectivity index (χ2n) is 5.10. The number of aromatic nitrogens is 2. The first kappa shape index (κ1) is 15.1. The van der Waals surface area contributed by atoms with Crippen molar-refractivity contribution < 1.29 is 0 Å². The average Bonchev–Trinajstić information content (AvgIpc) is 2.86. The Bertz CT molecular complexity index is 563. The van der Waals surface area contributed by atoms with Crippen LogP contribution in [0.2, 0.25) is 0 Å². The summed E-state index contributed by atoms with van der Waals surface area (Å²) in [5, 5.41) is 14.4. The summed E-state index contributed by atoms with van der Waals surface area (Å²) in [6, 6.07) is 4.60. The standard InChI is InChI=1S/C16H23N3S/c1-5-8-17-15(16-11(3)7-9-20-16)13-10-12(4)18-19-14(13)6-2/h7,9-10,15,17H,5-6,8H2,1-4H3. The Balaban J connectivity index is 2.46. The molecule has 0 radical (unpaired) electrons. The van der Waals surface area contributed by atoms with Crippen LogP contribution in [0.15, 0.2) is 17.5 Å². The van der Waals surface area contributed by atoms with Crippen LogP contribution in [0.3, 0.4) is 0 Å². The van der Waals surface area contributed by atoms with Crippen LogP contribution in [0.5, 0.6) is 0 Å². The lowest BCUT2D eigenvalue weighted by molar-refractivity contribution is 0.593. The highest BCUT2D eigenvalue weighted by atomic mass is 32.1. The predicted molar refractivity (Wildman–Crippen MR) is 85.3 cm³/mol. The van der Waals surface area contributed by atoms with Crippen molar-refractivity contribution in [1.82, 2.24) is 15.5 Å². The molecule has 0 bridgehead atoms. The molecule has 0 aliphatic rings. The summed E-state index contributed by atoms with van der Waals surface area (Å²) in [5.41, 5.74) is 4.70. The molecule has 2 heterocycles. The molecule has 0 aliphatic carbocycles. The fraction of sp³-hybridized carbons (Fsp3) is 0.500. The monoisotopic (exact) mass is 289 g/mol. The molecule has 0 aliphatic heterocycles. The number of thiophene rings is 1. The zero-order valence-corrected chi connectivity index (χ0v) is 13.5. The lowest BCUT2D eigenvalue weighted by atomic mass is 10.00. The van der Waals surface area contributed by atoms with Crippen molar-refractivity contribution in [3.05, 3.63) is 44.9 Å². The first-order valence-electron chi connectivity index (χ1n) is 7.27. The summed E-state index contributed by atoms with van der Waals surface area (Å²) in [7, 11) is 0. The zero-order chi connectivity index (χ0) is 14.5. The summed E-state index contributed by atoms with van der Waals surface area (Å²) >= 11 is 1.82. The number of hydrogen-bond donors (Lipinski definition) is 1. The number of nitrogens with zero attached hydrogens (tertiary/aromatic N) is 2. The minimum atomic E-state index is 0.235. The van der Waals surface area contributed by atoms with Crippen molar-refractivity contribution in [1.29, 1.82) is 0 Å². The highest BCUT2D eigenvalue weighted by molar-refractivity contribution is 7.10. The maximum absolute atomic E-state index is 4.38. The minimum absolute atomic E-state index is 0.235. The number of aryl methyl sites for hydroxylation is 3. The van der Waals surface area contributed by atoms with E-state index in [0.29, 0.717) is 0 Å². The van der Waals surface area contributed by atoms with Gasteiger partial charge >= 0.3 is 0 Å².